The summed E-state index contributed by atoms with van der Waals surface area (Å²) in [4.78, 5) is 25.3. The first-order valence-electron chi connectivity index (χ1n) is 9.42. The summed E-state index contributed by atoms with van der Waals surface area (Å²) in [5.41, 5.74) is 4.95. The highest BCUT2D eigenvalue weighted by Crippen LogP contribution is 2.37. The number of hydrogen-bond donors (Lipinski definition) is 2. The van der Waals surface area contributed by atoms with Crippen LogP contribution in [0.25, 0.3) is 11.1 Å². The van der Waals surface area contributed by atoms with Crippen molar-refractivity contribution in [1.29, 1.82) is 0 Å². The summed E-state index contributed by atoms with van der Waals surface area (Å²) in [6.07, 6.45) is 0. The third-order valence-electron chi connectivity index (χ3n) is 4.89. The quantitative estimate of drug-likeness (QED) is 0.624. The summed E-state index contributed by atoms with van der Waals surface area (Å²) in [5, 5.41) is 11.0. The fourth-order valence-electron chi connectivity index (χ4n) is 3.31. The molecule has 1 atom stereocenters. The Morgan fingerprint density at radius 3 is 2.39 bits per heavy atom. The van der Waals surface area contributed by atoms with Crippen molar-refractivity contribution in [2.45, 2.75) is 12.3 Å². The molecule has 5 nitrogen and oxygen atoms in total. The highest BCUT2D eigenvalue weighted by Gasteiger charge is 2.34. The zero-order chi connectivity index (χ0) is 22.1. The van der Waals surface area contributed by atoms with Crippen LogP contribution in [0.2, 0.25) is 0 Å². The highest BCUT2D eigenvalue weighted by molar-refractivity contribution is 8.00. The molecule has 1 saturated heterocycles. The number of benzene rings is 3. The number of halogens is 2. The molecule has 1 fully saturated rings. The van der Waals surface area contributed by atoms with Crippen LogP contribution in [-0.4, -0.2) is 27.7 Å². The summed E-state index contributed by atoms with van der Waals surface area (Å²) >= 11 is 1.38. The maximum atomic E-state index is 13.6. The minimum Gasteiger partial charge on any atom is -0.507 e. The van der Waals surface area contributed by atoms with Gasteiger partial charge in [-0.05, 0) is 47.9 Å². The molecule has 2 amide bonds. The first-order chi connectivity index (χ1) is 14.8. The van der Waals surface area contributed by atoms with Gasteiger partial charge < -0.3 is 5.11 Å². The molecule has 1 heterocycles. The van der Waals surface area contributed by atoms with Crippen molar-refractivity contribution >= 4 is 23.6 Å². The van der Waals surface area contributed by atoms with E-state index in [2.05, 4.69) is 5.43 Å². The fourth-order valence-corrected chi connectivity index (χ4v) is 4.42. The van der Waals surface area contributed by atoms with Gasteiger partial charge in [0.2, 0.25) is 0 Å². The molecule has 0 saturated carbocycles. The molecular weight excluding hydrogens is 422 g/mol. The molecule has 1 aliphatic rings. The lowest BCUT2D eigenvalue weighted by Crippen LogP contribution is -2.44. The van der Waals surface area contributed by atoms with Crippen LogP contribution in [0.4, 0.5) is 8.78 Å². The van der Waals surface area contributed by atoms with E-state index in [1.54, 1.807) is 0 Å². The van der Waals surface area contributed by atoms with Crippen molar-refractivity contribution in [3.8, 4) is 16.9 Å². The molecule has 1 unspecified atom stereocenters. The molecule has 0 aromatic heterocycles. The number of rotatable bonds is 4. The second kappa shape index (κ2) is 8.39. The normalized spacial score (nSPS) is 15.9. The lowest BCUT2D eigenvalue weighted by atomic mass is 10.0. The van der Waals surface area contributed by atoms with E-state index >= 15 is 0 Å². The Hall–Kier alpha value is -3.39. The standard InChI is InChI=1S/C23H18F2N2O3S/c1-13-2-4-14(5-3-13)23-27(21(29)12-31-23)26-22(30)19-10-15(6-7-20(19)28)16-8-17(24)11-18(25)9-16/h2-11,23,28H,12H2,1H3,(H,26,30). The second-order valence-corrected chi connectivity index (χ2v) is 8.24. The Balaban J connectivity index is 1.61. The van der Waals surface area contributed by atoms with E-state index in [4.69, 9.17) is 0 Å². The average Bonchev–Trinajstić information content (AvgIpc) is 3.08. The number of hydrazine groups is 1. The summed E-state index contributed by atoms with van der Waals surface area (Å²) in [6, 6.07) is 14.7. The van der Waals surface area contributed by atoms with Crippen molar-refractivity contribution < 1.29 is 23.5 Å². The smallest absolute Gasteiger partial charge is 0.273 e. The molecule has 2 N–H and O–H groups in total. The molecule has 0 aliphatic carbocycles. The van der Waals surface area contributed by atoms with Gasteiger partial charge in [-0.3, -0.25) is 15.0 Å². The zero-order valence-corrected chi connectivity index (χ0v) is 17.2. The maximum Gasteiger partial charge on any atom is 0.273 e. The number of hydrogen-bond acceptors (Lipinski definition) is 4. The first-order valence-corrected chi connectivity index (χ1v) is 10.5. The van der Waals surface area contributed by atoms with Gasteiger partial charge in [-0.15, -0.1) is 11.8 Å². The predicted molar refractivity (Wildman–Crippen MR) is 114 cm³/mol. The van der Waals surface area contributed by atoms with Crippen LogP contribution >= 0.6 is 11.8 Å². The van der Waals surface area contributed by atoms with E-state index in [1.165, 1.54) is 35.0 Å². The number of amides is 2. The number of phenols is 1. The largest absolute Gasteiger partial charge is 0.507 e. The van der Waals surface area contributed by atoms with Crippen molar-refractivity contribution in [3.63, 3.8) is 0 Å². The number of phenolic OH excluding ortho intramolecular Hbond substituents is 1. The molecule has 1 aliphatic heterocycles. The van der Waals surface area contributed by atoms with Crippen LogP contribution in [0.5, 0.6) is 5.75 Å². The SMILES string of the molecule is Cc1ccc(C2SCC(=O)N2NC(=O)c2cc(-c3cc(F)cc(F)c3)ccc2O)cc1. The van der Waals surface area contributed by atoms with Gasteiger partial charge in [-0.2, -0.15) is 0 Å². The third-order valence-corrected chi connectivity index (χ3v) is 6.10. The minimum atomic E-state index is -0.755. The van der Waals surface area contributed by atoms with Gasteiger partial charge in [0.05, 0.1) is 11.3 Å². The van der Waals surface area contributed by atoms with Crippen LogP contribution in [0.1, 0.15) is 26.9 Å². The van der Waals surface area contributed by atoms with Crippen molar-refractivity contribution in [2.24, 2.45) is 0 Å². The van der Waals surface area contributed by atoms with Crippen LogP contribution in [0.15, 0.2) is 60.7 Å². The predicted octanol–water partition coefficient (Wildman–Crippen LogP) is 4.56. The number of aromatic hydroxyl groups is 1. The zero-order valence-electron chi connectivity index (χ0n) is 16.4. The van der Waals surface area contributed by atoms with E-state index in [0.717, 1.165) is 29.3 Å². The highest BCUT2D eigenvalue weighted by atomic mass is 32.2. The molecule has 3 aromatic rings. The molecular formula is C23H18F2N2O3S. The number of carbonyl (C=O) groups is 2. The lowest BCUT2D eigenvalue weighted by molar-refractivity contribution is -0.130. The van der Waals surface area contributed by atoms with E-state index in [-0.39, 0.29) is 28.5 Å². The van der Waals surface area contributed by atoms with Gasteiger partial charge in [0, 0.05) is 6.07 Å². The molecule has 0 radical (unpaired) electrons. The van der Waals surface area contributed by atoms with Gasteiger partial charge in [0.15, 0.2) is 0 Å². The summed E-state index contributed by atoms with van der Waals surface area (Å²) in [6.45, 7) is 1.95. The van der Waals surface area contributed by atoms with Crippen molar-refractivity contribution in [1.82, 2.24) is 10.4 Å². The van der Waals surface area contributed by atoms with Crippen LogP contribution in [0, 0.1) is 18.6 Å². The van der Waals surface area contributed by atoms with Crippen molar-refractivity contribution in [3.05, 3.63) is 89.0 Å². The molecule has 4 rings (SSSR count). The third kappa shape index (κ3) is 4.39. The molecule has 0 bridgehead atoms. The summed E-state index contributed by atoms with van der Waals surface area (Å²) in [7, 11) is 0. The number of thioether (sulfide) groups is 1. The summed E-state index contributed by atoms with van der Waals surface area (Å²) < 4.78 is 27.2. The number of aryl methyl sites for hydroxylation is 1. The van der Waals surface area contributed by atoms with Crippen molar-refractivity contribution in [2.75, 3.05) is 5.75 Å². The Morgan fingerprint density at radius 1 is 1.03 bits per heavy atom. The van der Waals surface area contributed by atoms with Gasteiger partial charge in [0.25, 0.3) is 11.8 Å². The number of nitrogens with one attached hydrogen (secondary N) is 1. The second-order valence-electron chi connectivity index (χ2n) is 7.17. The Morgan fingerprint density at radius 2 is 1.71 bits per heavy atom. The monoisotopic (exact) mass is 440 g/mol. The maximum absolute atomic E-state index is 13.6. The van der Waals surface area contributed by atoms with Gasteiger partial charge in [-0.25, -0.2) is 13.8 Å². The fraction of sp³-hybridized carbons (Fsp3) is 0.130. The van der Waals surface area contributed by atoms with Gasteiger partial charge >= 0.3 is 0 Å². The minimum absolute atomic E-state index is 0.116. The Labute approximate surface area is 181 Å². The Bertz CT molecular complexity index is 1150. The van der Waals surface area contributed by atoms with Gasteiger partial charge in [0.1, 0.15) is 22.8 Å². The number of nitrogens with zero attached hydrogens (tertiary/aromatic N) is 1. The lowest BCUT2D eigenvalue weighted by Gasteiger charge is -2.25. The van der Waals surface area contributed by atoms with E-state index in [1.807, 2.05) is 31.2 Å². The Kier molecular flexibility index (Phi) is 5.65. The van der Waals surface area contributed by atoms with Crippen LogP contribution < -0.4 is 5.43 Å². The van der Waals surface area contributed by atoms with Gasteiger partial charge in [-0.1, -0.05) is 35.9 Å². The molecule has 3 aromatic carbocycles. The summed E-state index contributed by atoms with van der Waals surface area (Å²) in [5.74, 6) is -2.60. The molecule has 31 heavy (non-hydrogen) atoms. The number of carbonyl (C=O) groups excluding carboxylic acids is 2. The van der Waals surface area contributed by atoms with E-state index < -0.39 is 22.9 Å². The van der Waals surface area contributed by atoms with E-state index in [0.29, 0.717) is 5.56 Å². The first kappa shape index (κ1) is 20.9. The average molecular weight is 440 g/mol. The van der Waals surface area contributed by atoms with Crippen LogP contribution in [-0.2, 0) is 4.79 Å². The van der Waals surface area contributed by atoms with E-state index in [9.17, 15) is 23.5 Å². The van der Waals surface area contributed by atoms with Crippen LogP contribution in [0.3, 0.4) is 0 Å². The molecule has 8 heteroatoms. The topological polar surface area (TPSA) is 69.6 Å². The molecule has 0 spiro atoms. The molecule has 158 valence electrons.